The standard InChI is InChI=1S/C26H26F3N5O2/c1-18(16-26(27,28)29)24(35)32-21-7-8-22(20(15-21)17-30)33-10-12-34(13-11-33)23(25-31-9-14-36-25)19-5-3-2-4-6-19/h2-9,14-15,18,23H,10-13,16H2,1H3,(H,32,35). The lowest BCUT2D eigenvalue weighted by molar-refractivity contribution is -0.150. The van der Waals surface area contributed by atoms with Crippen molar-refractivity contribution < 1.29 is 22.4 Å². The van der Waals surface area contributed by atoms with E-state index in [4.69, 9.17) is 4.42 Å². The summed E-state index contributed by atoms with van der Waals surface area (Å²) in [6.07, 6.45) is -2.44. The predicted molar refractivity (Wildman–Crippen MR) is 128 cm³/mol. The third-order valence-corrected chi connectivity index (χ3v) is 6.19. The number of anilines is 2. The van der Waals surface area contributed by atoms with E-state index in [1.54, 1.807) is 24.6 Å². The number of piperazine rings is 1. The molecular weight excluding hydrogens is 471 g/mol. The number of nitrogens with one attached hydrogen (secondary N) is 1. The molecule has 10 heteroatoms. The van der Waals surface area contributed by atoms with Crippen LogP contribution in [0, 0.1) is 17.2 Å². The number of aromatic nitrogens is 1. The molecule has 188 valence electrons. The number of alkyl halides is 3. The van der Waals surface area contributed by atoms with Crippen molar-refractivity contribution in [2.75, 3.05) is 36.4 Å². The lowest BCUT2D eigenvalue weighted by Crippen LogP contribution is -2.48. The molecule has 36 heavy (non-hydrogen) atoms. The molecule has 7 nitrogen and oxygen atoms in total. The van der Waals surface area contributed by atoms with Crippen molar-refractivity contribution in [2.24, 2.45) is 5.92 Å². The van der Waals surface area contributed by atoms with Gasteiger partial charge in [-0.15, -0.1) is 0 Å². The Balaban J connectivity index is 1.44. The lowest BCUT2D eigenvalue weighted by atomic mass is 10.0. The molecule has 4 rings (SSSR count). The fourth-order valence-corrected chi connectivity index (χ4v) is 4.42. The molecule has 1 aliphatic heterocycles. The smallest absolute Gasteiger partial charge is 0.389 e. The molecule has 1 saturated heterocycles. The summed E-state index contributed by atoms with van der Waals surface area (Å²) in [6, 6.07) is 16.8. The third-order valence-electron chi connectivity index (χ3n) is 6.19. The minimum Gasteiger partial charge on any atom is -0.447 e. The molecule has 2 unspecified atom stereocenters. The van der Waals surface area contributed by atoms with E-state index in [1.807, 2.05) is 30.3 Å². The maximum atomic E-state index is 12.6. The van der Waals surface area contributed by atoms with Crippen molar-refractivity contribution in [3.8, 4) is 6.07 Å². The van der Waals surface area contributed by atoms with Crippen molar-refractivity contribution in [3.05, 3.63) is 78.0 Å². The summed E-state index contributed by atoms with van der Waals surface area (Å²) >= 11 is 0. The number of benzene rings is 2. The van der Waals surface area contributed by atoms with Crippen LogP contribution in [0.3, 0.4) is 0 Å². The summed E-state index contributed by atoms with van der Waals surface area (Å²) < 4.78 is 43.4. The van der Waals surface area contributed by atoms with Crippen LogP contribution >= 0.6 is 0 Å². The van der Waals surface area contributed by atoms with Crippen molar-refractivity contribution in [1.82, 2.24) is 9.88 Å². The highest BCUT2D eigenvalue weighted by Gasteiger charge is 2.33. The highest BCUT2D eigenvalue weighted by molar-refractivity contribution is 5.92. The number of amides is 1. The average Bonchev–Trinajstić information content (AvgIpc) is 3.38. The van der Waals surface area contributed by atoms with E-state index >= 15 is 0 Å². The zero-order chi connectivity index (χ0) is 25.7. The van der Waals surface area contributed by atoms with Gasteiger partial charge in [0.2, 0.25) is 11.8 Å². The van der Waals surface area contributed by atoms with Crippen LogP contribution in [-0.2, 0) is 4.79 Å². The quantitative estimate of drug-likeness (QED) is 0.495. The van der Waals surface area contributed by atoms with Gasteiger partial charge in [0.1, 0.15) is 18.4 Å². The summed E-state index contributed by atoms with van der Waals surface area (Å²) in [6.45, 7) is 3.91. The number of carbonyl (C=O) groups is 1. The second-order valence-corrected chi connectivity index (χ2v) is 8.76. The van der Waals surface area contributed by atoms with Crippen molar-refractivity contribution in [1.29, 1.82) is 5.26 Å². The van der Waals surface area contributed by atoms with E-state index in [0.29, 0.717) is 49.0 Å². The van der Waals surface area contributed by atoms with Crippen LogP contribution in [0.15, 0.2) is 65.4 Å². The predicted octanol–water partition coefficient (Wildman–Crippen LogP) is 4.98. The first-order chi connectivity index (χ1) is 17.2. The monoisotopic (exact) mass is 497 g/mol. The highest BCUT2D eigenvalue weighted by atomic mass is 19.4. The summed E-state index contributed by atoms with van der Waals surface area (Å²) in [5.74, 6) is -1.35. The number of hydrogen-bond donors (Lipinski definition) is 1. The van der Waals surface area contributed by atoms with E-state index in [0.717, 1.165) is 5.56 Å². The van der Waals surface area contributed by atoms with E-state index in [9.17, 15) is 23.2 Å². The van der Waals surface area contributed by atoms with Gasteiger partial charge in [0.25, 0.3) is 0 Å². The Morgan fingerprint density at radius 1 is 1.17 bits per heavy atom. The minimum atomic E-state index is -4.42. The SMILES string of the molecule is CC(CC(F)(F)F)C(=O)Nc1ccc(N2CCN(C(c3ccccc3)c3ncco3)CC2)c(C#N)c1. The average molecular weight is 498 g/mol. The van der Waals surface area contributed by atoms with Crippen LogP contribution in [0.2, 0.25) is 0 Å². The number of nitrogens with zero attached hydrogens (tertiary/aromatic N) is 4. The van der Waals surface area contributed by atoms with E-state index < -0.39 is 24.4 Å². The highest BCUT2D eigenvalue weighted by Crippen LogP contribution is 2.31. The number of halogens is 3. The van der Waals surface area contributed by atoms with E-state index in [1.165, 1.54) is 13.0 Å². The van der Waals surface area contributed by atoms with Gasteiger partial charge in [-0.3, -0.25) is 9.69 Å². The summed E-state index contributed by atoms with van der Waals surface area (Å²) in [5.41, 5.74) is 2.43. The number of nitriles is 1. The van der Waals surface area contributed by atoms with Gasteiger partial charge >= 0.3 is 6.18 Å². The first-order valence-electron chi connectivity index (χ1n) is 11.6. The van der Waals surface area contributed by atoms with Crippen molar-refractivity contribution in [3.63, 3.8) is 0 Å². The molecule has 0 bridgehead atoms. The Labute approximate surface area is 207 Å². The summed E-state index contributed by atoms with van der Waals surface area (Å²) in [4.78, 5) is 20.9. The molecule has 1 aromatic heterocycles. The molecule has 3 aromatic rings. The van der Waals surface area contributed by atoms with Gasteiger partial charge in [-0.2, -0.15) is 18.4 Å². The molecule has 2 atom stereocenters. The number of oxazole rings is 1. The fraction of sp³-hybridized carbons (Fsp3) is 0.346. The number of hydrogen-bond acceptors (Lipinski definition) is 6. The maximum Gasteiger partial charge on any atom is 0.389 e. The normalized spacial score (nSPS) is 16.2. The first kappa shape index (κ1) is 25.3. The van der Waals surface area contributed by atoms with Gasteiger partial charge in [0.05, 0.1) is 23.9 Å². The zero-order valence-electron chi connectivity index (χ0n) is 19.7. The summed E-state index contributed by atoms with van der Waals surface area (Å²) in [5, 5.41) is 12.2. The van der Waals surface area contributed by atoms with E-state index in [-0.39, 0.29) is 6.04 Å². The molecule has 0 saturated carbocycles. The Morgan fingerprint density at radius 2 is 1.89 bits per heavy atom. The molecule has 1 amide bonds. The van der Waals surface area contributed by atoms with Gasteiger partial charge in [0.15, 0.2) is 0 Å². The van der Waals surface area contributed by atoms with Gasteiger partial charge in [0, 0.05) is 37.8 Å². The van der Waals surface area contributed by atoms with Crippen LogP contribution < -0.4 is 10.2 Å². The van der Waals surface area contributed by atoms with Crippen LogP contribution in [0.25, 0.3) is 0 Å². The molecule has 0 radical (unpaired) electrons. The van der Waals surface area contributed by atoms with Crippen LogP contribution in [0.1, 0.15) is 36.4 Å². The van der Waals surface area contributed by atoms with Gasteiger partial charge in [-0.05, 0) is 23.8 Å². The second-order valence-electron chi connectivity index (χ2n) is 8.76. The Kier molecular flexibility index (Phi) is 7.60. The van der Waals surface area contributed by atoms with Crippen molar-refractivity contribution >= 4 is 17.3 Å². The molecule has 2 heterocycles. The molecule has 2 aromatic carbocycles. The Morgan fingerprint density at radius 3 is 2.50 bits per heavy atom. The molecule has 1 aliphatic rings. The van der Waals surface area contributed by atoms with Crippen LogP contribution in [0.5, 0.6) is 0 Å². The maximum absolute atomic E-state index is 12.6. The Bertz CT molecular complexity index is 1200. The largest absolute Gasteiger partial charge is 0.447 e. The molecule has 1 fully saturated rings. The molecular formula is C26H26F3N5O2. The lowest BCUT2D eigenvalue weighted by Gasteiger charge is -2.39. The zero-order valence-corrected chi connectivity index (χ0v) is 19.7. The van der Waals surface area contributed by atoms with Crippen molar-refractivity contribution in [2.45, 2.75) is 25.6 Å². The van der Waals surface area contributed by atoms with Gasteiger partial charge < -0.3 is 14.6 Å². The van der Waals surface area contributed by atoms with Crippen LogP contribution in [-0.4, -0.2) is 48.1 Å². The topological polar surface area (TPSA) is 85.4 Å². The minimum absolute atomic E-state index is 0.130. The molecule has 0 aliphatic carbocycles. The first-order valence-corrected chi connectivity index (χ1v) is 11.6. The van der Waals surface area contributed by atoms with Gasteiger partial charge in [-0.25, -0.2) is 4.98 Å². The fourth-order valence-electron chi connectivity index (χ4n) is 4.42. The Hall–Kier alpha value is -3.84. The molecule has 1 N–H and O–H groups in total. The molecule has 0 spiro atoms. The van der Waals surface area contributed by atoms with Gasteiger partial charge in [-0.1, -0.05) is 37.3 Å². The second kappa shape index (κ2) is 10.8. The van der Waals surface area contributed by atoms with Crippen LogP contribution in [0.4, 0.5) is 24.5 Å². The number of rotatable bonds is 7. The van der Waals surface area contributed by atoms with E-state index in [2.05, 4.69) is 26.2 Å². The third kappa shape index (κ3) is 6.04. The summed E-state index contributed by atoms with van der Waals surface area (Å²) in [7, 11) is 0. The number of carbonyl (C=O) groups excluding carboxylic acids is 1.